The van der Waals surface area contributed by atoms with Crippen LogP contribution in [0.1, 0.15) is 10.4 Å². The Labute approximate surface area is 93.4 Å². The number of nitro groups is 1. The van der Waals surface area contributed by atoms with Gasteiger partial charge in [-0.25, -0.2) is 4.79 Å². The van der Waals surface area contributed by atoms with Crippen molar-refractivity contribution in [2.45, 2.75) is 0 Å². The minimum Gasteiger partial charge on any atom is -0.465 e. The molecular formula is C8H6INO4. The van der Waals surface area contributed by atoms with Crippen LogP contribution >= 0.6 is 22.6 Å². The van der Waals surface area contributed by atoms with E-state index in [1.165, 1.54) is 19.2 Å². The molecule has 0 bridgehead atoms. The average molecular weight is 307 g/mol. The Kier molecular flexibility index (Phi) is 3.39. The number of carbonyl (C=O) groups is 1. The number of hydrogen-bond donors (Lipinski definition) is 0. The SMILES string of the molecule is COC(=O)c1cc(I)ccc1[N+](=O)[O-]. The number of methoxy groups -OCH3 is 1. The molecule has 0 aliphatic rings. The first-order chi connectivity index (χ1) is 6.56. The lowest BCUT2D eigenvalue weighted by Crippen LogP contribution is -2.05. The number of nitro benzene ring substituents is 1. The average Bonchev–Trinajstić information content (AvgIpc) is 2.16. The number of nitrogens with zero attached hydrogens (tertiary/aromatic N) is 1. The number of rotatable bonds is 2. The molecule has 0 aromatic heterocycles. The van der Waals surface area contributed by atoms with E-state index in [-0.39, 0.29) is 11.3 Å². The lowest BCUT2D eigenvalue weighted by Gasteiger charge is -2.00. The highest BCUT2D eigenvalue weighted by atomic mass is 127. The van der Waals surface area contributed by atoms with Crippen LogP contribution in [0.2, 0.25) is 0 Å². The second kappa shape index (κ2) is 4.36. The number of halogens is 1. The van der Waals surface area contributed by atoms with Crippen molar-refractivity contribution in [2.24, 2.45) is 0 Å². The molecule has 6 heteroatoms. The quantitative estimate of drug-likeness (QED) is 0.362. The van der Waals surface area contributed by atoms with Gasteiger partial charge in [0.05, 0.1) is 12.0 Å². The van der Waals surface area contributed by atoms with E-state index in [1.54, 1.807) is 6.07 Å². The third-order valence-corrected chi connectivity index (χ3v) is 2.23. The lowest BCUT2D eigenvalue weighted by atomic mass is 10.2. The van der Waals surface area contributed by atoms with Crippen LogP contribution in [0.5, 0.6) is 0 Å². The predicted molar refractivity (Wildman–Crippen MR) is 57.2 cm³/mol. The Morgan fingerprint density at radius 1 is 1.57 bits per heavy atom. The van der Waals surface area contributed by atoms with E-state index in [0.717, 1.165) is 3.57 Å². The van der Waals surface area contributed by atoms with Crippen LogP contribution in [0.4, 0.5) is 5.69 Å². The second-order valence-corrected chi connectivity index (χ2v) is 3.66. The number of ether oxygens (including phenoxy) is 1. The predicted octanol–water partition coefficient (Wildman–Crippen LogP) is 1.99. The molecule has 5 nitrogen and oxygen atoms in total. The maximum Gasteiger partial charge on any atom is 0.344 e. The molecule has 0 saturated heterocycles. The number of benzene rings is 1. The van der Waals surface area contributed by atoms with Gasteiger partial charge in [-0.15, -0.1) is 0 Å². The fourth-order valence-electron chi connectivity index (χ4n) is 0.941. The van der Waals surface area contributed by atoms with Gasteiger partial charge in [-0.1, -0.05) is 0 Å². The Morgan fingerprint density at radius 3 is 2.71 bits per heavy atom. The standard InChI is InChI=1S/C8H6INO4/c1-14-8(11)6-4-5(9)2-3-7(6)10(12)13/h2-4H,1H3. The molecule has 0 N–H and O–H groups in total. The highest BCUT2D eigenvalue weighted by Crippen LogP contribution is 2.21. The maximum atomic E-state index is 11.2. The van der Waals surface area contributed by atoms with E-state index in [1.807, 2.05) is 22.6 Å². The third-order valence-electron chi connectivity index (χ3n) is 1.56. The zero-order valence-electron chi connectivity index (χ0n) is 7.19. The highest BCUT2D eigenvalue weighted by Gasteiger charge is 2.20. The first-order valence-corrected chi connectivity index (χ1v) is 4.66. The summed E-state index contributed by atoms with van der Waals surface area (Å²) in [6.07, 6.45) is 0. The fraction of sp³-hybridized carbons (Fsp3) is 0.125. The first-order valence-electron chi connectivity index (χ1n) is 3.58. The minimum atomic E-state index is -0.699. The normalized spacial score (nSPS) is 9.57. The van der Waals surface area contributed by atoms with Crippen molar-refractivity contribution in [3.8, 4) is 0 Å². The zero-order chi connectivity index (χ0) is 10.7. The Hall–Kier alpha value is -1.18. The summed E-state index contributed by atoms with van der Waals surface area (Å²) in [6, 6.07) is 4.27. The number of esters is 1. The molecule has 0 unspecified atom stereocenters. The molecule has 1 rings (SSSR count). The summed E-state index contributed by atoms with van der Waals surface area (Å²) in [7, 11) is 1.19. The third kappa shape index (κ3) is 2.19. The number of carbonyl (C=O) groups excluding carboxylic acids is 1. The van der Waals surface area contributed by atoms with Crippen molar-refractivity contribution >= 4 is 34.2 Å². The molecule has 0 heterocycles. The molecule has 0 aliphatic carbocycles. The van der Waals surface area contributed by atoms with E-state index in [2.05, 4.69) is 4.74 Å². The highest BCUT2D eigenvalue weighted by molar-refractivity contribution is 14.1. The van der Waals surface area contributed by atoms with Gasteiger partial charge in [-0.3, -0.25) is 10.1 Å². The van der Waals surface area contributed by atoms with Gasteiger partial charge in [0.15, 0.2) is 0 Å². The monoisotopic (exact) mass is 307 g/mol. The van der Waals surface area contributed by atoms with Crippen molar-refractivity contribution < 1.29 is 14.5 Å². The molecule has 1 aromatic rings. The van der Waals surface area contributed by atoms with Crippen molar-refractivity contribution in [2.75, 3.05) is 7.11 Å². The van der Waals surface area contributed by atoms with Crippen molar-refractivity contribution in [3.05, 3.63) is 37.4 Å². The maximum absolute atomic E-state index is 11.2. The van der Waals surface area contributed by atoms with E-state index >= 15 is 0 Å². The molecular weight excluding hydrogens is 301 g/mol. The summed E-state index contributed by atoms with van der Waals surface area (Å²) in [5.41, 5.74) is -0.262. The van der Waals surface area contributed by atoms with Gasteiger partial charge in [0.25, 0.3) is 5.69 Å². The van der Waals surface area contributed by atoms with Crippen LogP contribution < -0.4 is 0 Å². The van der Waals surface area contributed by atoms with Crippen LogP contribution in [0.3, 0.4) is 0 Å². The molecule has 74 valence electrons. The first kappa shape index (κ1) is 10.9. The summed E-state index contributed by atoms with van der Waals surface area (Å²) in [5, 5.41) is 10.5. The van der Waals surface area contributed by atoms with Crippen LogP contribution in [0.15, 0.2) is 18.2 Å². The summed E-state index contributed by atoms with van der Waals surface area (Å²) in [4.78, 5) is 21.1. The Bertz CT molecular complexity index is 391. The van der Waals surface area contributed by atoms with Crippen molar-refractivity contribution in [1.29, 1.82) is 0 Å². The molecule has 0 aliphatic heterocycles. The topological polar surface area (TPSA) is 69.4 Å². The number of hydrogen-bond acceptors (Lipinski definition) is 4. The van der Waals surface area contributed by atoms with E-state index < -0.39 is 10.9 Å². The van der Waals surface area contributed by atoms with Crippen LogP contribution in [-0.2, 0) is 4.74 Å². The van der Waals surface area contributed by atoms with Gasteiger partial charge < -0.3 is 4.74 Å². The summed E-state index contributed by atoms with van der Waals surface area (Å²) in [6.45, 7) is 0. The van der Waals surface area contributed by atoms with Gasteiger partial charge >= 0.3 is 5.97 Å². The Morgan fingerprint density at radius 2 is 2.21 bits per heavy atom. The molecule has 0 radical (unpaired) electrons. The van der Waals surface area contributed by atoms with E-state index in [0.29, 0.717) is 0 Å². The van der Waals surface area contributed by atoms with Gasteiger partial charge in [-0.2, -0.15) is 0 Å². The zero-order valence-corrected chi connectivity index (χ0v) is 9.35. The van der Waals surface area contributed by atoms with Gasteiger partial charge in [0, 0.05) is 9.64 Å². The summed E-state index contributed by atoms with van der Waals surface area (Å²) in [5.74, 6) is -0.699. The van der Waals surface area contributed by atoms with Crippen LogP contribution in [0.25, 0.3) is 0 Å². The van der Waals surface area contributed by atoms with E-state index in [4.69, 9.17) is 0 Å². The van der Waals surface area contributed by atoms with Crippen molar-refractivity contribution in [1.82, 2.24) is 0 Å². The van der Waals surface area contributed by atoms with E-state index in [9.17, 15) is 14.9 Å². The second-order valence-electron chi connectivity index (χ2n) is 2.41. The van der Waals surface area contributed by atoms with Crippen molar-refractivity contribution in [3.63, 3.8) is 0 Å². The van der Waals surface area contributed by atoms with Gasteiger partial charge in [-0.05, 0) is 34.7 Å². The van der Waals surface area contributed by atoms with Crippen LogP contribution in [-0.4, -0.2) is 18.0 Å². The summed E-state index contributed by atoms with van der Waals surface area (Å²) < 4.78 is 5.18. The fourth-order valence-corrected chi connectivity index (χ4v) is 1.43. The Balaban J connectivity index is 3.29. The molecule has 0 spiro atoms. The molecule has 0 fully saturated rings. The molecule has 0 saturated carbocycles. The molecule has 1 aromatic carbocycles. The largest absolute Gasteiger partial charge is 0.465 e. The van der Waals surface area contributed by atoms with Crippen LogP contribution in [0, 0.1) is 13.7 Å². The smallest absolute Gasteiger partial charge is 0.344 e. The summed E-state index contributed by atoms with van der Waals surface area (Å²) >= 11 is 1.96. The minimum absolute atomic E-state index is 0.0237. The van der Waals surface area contributed by atoms with Gasteiger partial charge in [0.1, 0.15) is 5.56 Å². The molecule has 0 atom stereocenters. The molecule has 0 amide bonds. The lowest BCUT2D eigenvalue weighted by molar-refractivity contribution is -0.385. The molecule has 14 heavy (non-hydrogen) atoms. The van der Waals surface area contributed by atoms with Gasteiger partial charge in [0.2, 0.25) is 0 Å².